The first-order valence-corrected chi connectivity index (χ1v) is 8.11. The maximum atomic E-state index is 11.8. The first-order chi connectivity index (χ1) is 10.0. The van der Waals surface area contributed by atoms with Gasteiger partial charge in [-0.25, -0.2) is 4.79 Å². The summed E-state index contributed by atoms with van der Waals surface area (Å²) in [5.74, 6) is -1.61. The minimum atomic E-state index is -1.05. The summed E-state index contributed by atoms with van der Waals surface area (Å²) in [6.07, 6.45) is 9.11. The van der Waals surface area contributed by atoms with E-state index in [-0.39, 0.29) is 18.1 Å². The summed E-state index contributed by atoms with van der Waals surface area (Å²) < 4.78 is 5.44. The molecule has 0 aromatic carbocycles. The molecule has 0 aliphatic carbocycles. The lowest BCUT2D eigenvalue weighted by Crippen LogP contribution is -2.20. The van der Waals surface area contributed by atoms with Gasteiger partial charge in [-0.15, -0.1) is 0 Å². The number of hydrogen-bond acceptors (Lipinski definition) is 3. The van der Waals surface area contributed by atoms with E-state index in [0.29, 0.717) is 0 Å². The van der Waals surface area contributed by atoms with Gasteiger partial charge in [-0.1, -0.05) is 52.5 Å². The summed E-state index contributed by atoms with van der Waals surface area (Å²) in [5.41, 5.74) is 0.0246. The minimum Gasteiger partial charge on any atom is -0.481 e. The zero-order chi connectivity index (χ0) is 16.1. The number of carboxylic acids is 1. The van der Waals surface area contributed by atoms with Crippen LogP contribution in [-0.4, -0.2) is 23.1 Å². The Hall–Kier alpha value is -1.32. The van der Waals surface area contributed by atoms with Crippen molar-refractivity contribution in [1.29, 1.82) is 0 Å². The van der Waals surface area contributed by atoms with Gasteiger partial charge in [0.15, 0.2) is 0 Å². The molecule has 0 fully saturated rings. The predicted molar refractivity (Wildman–Crippen MR) is 84.2 cm³/mol. The van der Waals surface area contributed by atoms with Gasteiger partial charge in [0, 0.05) is 5.57 Å². The number of carboxylic acid groups (broad SMARTS) is 1. The van der Waals surface area contributed by atoms with Gasteiger partial charge in [-0.2, -0.15) is 0 Å². The Morgan fingerprint density at radius 3 is 2.05 bits per heavy atom. The molecule has 0 radical (unpaired) electrons. The molecule has 1 atom stereocenters. The summed E-state index contributed by atoms with van der Waals surface area (Å²) in [6.45, 7) is 7.80. The third-order valence-corrected chi connectivity index (χ3v) is 3.44. The summed E-state index contributed by atoms with van der Waals surface area (Å²) in [5, 5.41) is 8.67. The molecule has 21 heavy (non-hydrogen) atoms. The molecule has 0 aromatic heterocycles. The fourth-order valence-corrected chi connectivity index (χ4v) is 2.17. The standard InChI is InChI=1S/C17H30O4/c1-4-6-8-10-12-15(11-9-7-5-2)21-17(20)14(3)13-16(18)19/h15H,3-13H2,1-2H3,(H,18,19). The summed E-state index contributed by atoms with van der Waals surface area (Å²) in [7, 11) is 0. The quantitative estimate of drug-likeness (QED) is 0.309. The van der Waals surface area contributed by atoms with Crippen LogP contribution in [0.4, 0.5) is 0 Å². The number of hydrogen-bond donors (Lipinski definition) is 1. The zero-order valence-corrected chi connectivity index (χ0v) is 13.5. The van der Waals surface area contributed by atoms with E-state index in [1.54, 1.807) is 0 Å². The fourth-order valence-electron chi connectivity index (χ4n) is 2.17. The Bertz CT molecular complexity index is 323. The molecule has 0 saturated carbocycles. The van der Waals surface area contributed by atoms with Crippen LogP contribution in [0.5, 0.6) is 0 Å². The van der Waals surface area contributed by atoms with Crippen LogP contribution < -0.4 is 0 Å². The molecule has 0 heterocycles. The molecule has 1 unspecified atom stereocenters. The Balaban J connectivity index is 4.25. The van der Waals surface area contributed by atoms with E-state index in [0.717, 1.165) is 44.9 Å². The van der Waals surface area contributed by atoms with E-state index >= 15 is 0 Å². The van der Waals surface area contributed by atoms with Crippen LogP contribution >= 0.6 is 0 Å². The van der Waals surface area contributed by atoms with Crippen LogP contribution in [-0.2, 0) is 14.3 Å². The molecule has 122 valence electrons. The lowest BCUT2D eigenvalue weighted by molar-refractivity contribution is -0.147. The molecule has 0 bridgehead atoms. The van der Waals surface area contributed by atoms with Gasteiger partial charge >= 0.3 is 11.9 Å². The first kappa shape index (κ1) is 19.7. The Kier molecular flexibility index (Phi) is 11.6. The Morgan fingerprint density at radius 1 is 1.00 bits per heavy atom. The molecule has 1 N–H and O–H groups in total. The van der Waals surface area contributed by atoms with Crippen molar-refractivity contribution in [3.05, 3.63) is 12.2 Å². The second kappa shape index (κ2) is 12.4. The van der Waals surface area contributed by atoms with Gasteiger partial charge in [0.05, 0.1) is 6.42 Å². The highest BCUT2D eigenvalue weighted by Gasteiger charge is 2.18. The molecular weight excluding hydrogens is 268 g/mol. The summed E-state index contributed by atoms with van der Waals surface area (Å²) >= 11 is 0. The van der Waals surface area contributed by atoms with Gasteiger partial charge in [0.1, 0.15) is 6.10 Å². The average Bonchev–Trinajstić information content (AvgIpc) is 2.42. The van der Waals surface area contributed by atoms with E-state index in [9.17, 15) is 9.59 Å². The lowest BCUT2D eigenvalue weighted by atomic mass is 10.0. The highest BCUT2D eigenvalue weighted by Crippen LogP contribution is 2.17. The number of ether oxygens (including phenoxy) is 1. The lowest BCUT2D eigenvalue weighted by Gasteiger charge is -2.18. The van der Waals surface area contributed by atoms with Gasteiger partial charge in [0.25, 0.3) is 0 Å². The van der Waals surface area contributed by atoms with Crippen molar-refractivity contribution in [3.8, 4) is 0 Å². The van der Waals surface area contributed by atoms with Crippen molar-refractivity contribution in [2.24, 2.45) is 0 Å². The molecule has 0 spiro atoms. The van der Waals surface area contributed by atoms with Crippen LogP contribution in [0.15, 0.2) is 12.2 Å². The maximum Gasteiger partial charge on any atom is 0.334 e. The van der Waals surface area contributed by atoms with Gasteiger partial charge in [-0.3, -0.25) is 4.79 Å². The maximum absolute atomic E-state index is 11.8. The minimum absolute atomic E-state index is 0.0246. The van der Waals surface area contributed by atoms with E-state index in [1.807, 2.05) is 0 Å². The van der Waals surface area contributed by atoms with Crippen LogP contribution in [0, 0.1) is 0 Å². The van der Waals surface area contributed by atoms with Crippen LogP contribution in [0.2, 0.25) is 0 Å². The molecule has 4 heteroatoms. The Morgan fingerprint density at radius 2 is 1.52 bits per heavy atom. The molecule has 0 rings (SSSR count). The molecule has 0 saturated heterocycles. The third kappa shape index (κ3) is 11.1. The Labute approximate surface area is 128 Å². The van der Waals surface area contributed by atoms with Gasteiger partial charge in [-0.05, 0) is 25.7 Å². The first-order valence-electron chi connectivity index (χ1n) is 8.11. The molecule has 0 aromatic rings. The van der Waals surface area contributed by atoms with Crippen molar-refractivity contribution in [3.63, 3.8) is 0 Å². The highest BCUT2D eigenvalue weighted by molar-refractivity contribution is 5.92. The van der Waals surface area contributed by atoms with Gasteiger partial charge < -0.3 is 9.84 Å². The topological polar surface area (TPSA) is 63.6 Å². The normalized spacial score (nSPS) is 11.9. The molecular formula is C17H30O4. The molecule has 0 aliphatic rings. The number of carbonyl (C=O) groups is 2. The molecule has 0 aliphatic heterocycles. The van der Waals surface area contributed by atoms with E-state index in [1.165, 1.54) is 12.8 Å². The monoisotopic (exact) mass is 298 g/mol. The summed E-state index contributed by atoms with van der Waals surface area (Å²) in [6, 6.07) is 0. The van der Waals surface area contributed by atoms with Crippen molar-refractivity contribution in [2.45, 2.75) is 84.2 Å². The number of unbranched alkanes of at least 4 members (excludes halogenated alkanes) is 5. The van der Waals surface area contributed by atoms with E-state index in [2.05, 4.69) is 20.4 Å². The predicted octanol–water partition coefficient (Wildman–Crippen LogP) is 4.48. The van der Waals surface area contributed by atoms with E-state index in [4.69, 9.17) is 9.84 Å². The van der Waals surface area contributed by atoms with Crippen LogP contribution in [0.1, 0.15) is 78.1 Å². The van der Waals surface area contributed by atoms with Crippen molar-refractivity contribution >= 4 is 11.9 Å². The van der Waals surface area contributed by atoms with Crippen LogP contribution in [0.25, 0.3) is 0 Å². The third-order valence-electron chi connectivity index (χ3n) is 3.44. The summed E-state index contributed by atoms with van der Waals surface area (Å²) in [4.78, 5) is 22.4. The number of carbonyl (C=O) groups excluding carboxylic acids is 1. The number of rotatable bonds is 13. The van der Waals surface area contributed by atoms with Crippen LogP contribution in [0.3, 0.4) is 0 Å². The van der Waals surface area contributed by atoms with Crippen molar-refractivity contribution < 1.29 is 19.4 Å². The van der Waals surface area contributed by atoms with Crippen molar-refractivity contribution in [2.75, 3.05) is 0 Å². The van der Waals surface area contributed by atoms with E-state index < -0.39 is 11.9 Å². The second-order valence-corrected chi connectivity index (χ2v) is 5.55. The van der Waals surface area contributed by atoms with Crippen molar-refractivity contribution in [1.82, 2.24) is 0 Å². The average molecular weight is 298 g/mol. The van der Waals surface area contributed by atoms with Gasteiger partial charge in [0.2, 0.25) is 0 Å². The second-order valence-electron chi connectivity index (χ2n) is 5.55. The highest BCUT2D eigenvalue weighted by atomic mass is 16.5. The SMILES string of the molecule is C=C(CC(=O)O)C(=O)OC(CCCCC)CCCCCC. The molecule has 0 amide bonds. The smallest absolute Gasteiger partial charge is 0.334 e. The zero-order valence-electron chi connectivity index (χ0n) is 13.5. The fraction of sp³-hybridized carbons (Fsp3) is 0.765. The molecule has 4 nitrogen and oxygen atoms in total. The number of aliphatic carboxylic acids is 1. The largest absolute Gasteiger partial charge is 0.481 e. The number of esters is 1.